The van der Waals surface area contributed by atoms with E-state index in [0.717, 1.165) is 11.1 Å². The van der Waals surface area contributed by atoms with Crippen molar-refractivity contribution in [2.24, 2.45) is 5.41 Å². The van der Waals surface area contributed by atoms with Crippen LogP contribution in [0.2, 0.25) is 0 Å². The summed E-state index contributed by atoms with van der Waals surface area (Å²) in [6, 6.07) is 7.76. The highest BCUT2D eigenvalue weighted by atomic mass is 16.3. The van der Waals surface area contributed by atoms with Crippen LogP contribution in [0.3, 0.4) is 0 Å². The van der Waals surface area contributed by atoms with Gasteiger partial charge in [0.15, 0.2) is 0 Å². The van der Waals surface area contributed by atoms with Gasteiger partial charge in [-0.1, -0.05) is 45.0 Å². The smallest absolute Gasteiger partial charge is 0.0858 e. The van der Waals surface area contributed by atoms with Crippen LogP contribution < -0.4 is 0 Å². The van der Waals surface area contributed by atoms with E-state index in [2.05, 4.69) is 6.92 Å². The fourth-order valence-corrected chi connectivity index (χ4v) is 3.07. The third-order valence-corrected chi connectivity index (χ3v) is 4.92. The lowest BCUT2D eigenvalue weighted by Crippen LogP contribution is -2.41. The van der Waals surface area contributed by atoms with Gasteiger partial charge < -0.3 is 15.3 Å². The number of rotatable bonds is 2. The Morgan fingerprint density at radius 2 is 1.67 bits per heavy atom. The summed E-state index contributed by atoms with van der Waals surface area (Å²) in [7, 11) is 0. The lowest BCUT2D eigenvalue weighted by atomic mass is 9.64. The van der Waals surface area contributed by atoms with Crippen molar-refractivity contribution in [2.75, 3.05) is 0 Å². The SMILES string of the molecule is CC1(C)[C@@H](O)[C@H](O)C[C@@]1(C)c1ccc(CO)cc1. The molecule has 0 aliphatic heterocycles. The number of hydrogen-bond acceptors (Lipinski definition) is 3. The molecule has 0 amide bonds. The lowest BCUT2D eigenvalue weighted by molar-refractivity contribution is -0.0160. The van der Waals surface area contributed by atoms with Crippen LogP contribution >= 0.6 is 0 Å². The molecule has 1 fully saturated rings. The van der Waals surface area contributed by atoms with E-state index in [0.29, 0.717) is 6.42 Å². The second kappa shape index (κ2) is 4.34. The van der Waals surface area contributed by atoms with Crippen LogP contribution in [-0.2, 0) is 12.0 Å². The highest BCUT2D eigenvalue weighted by molar-refractivity contribution is 5.33. The maximum atomic E-state index is 10.1. The highest BCUT2D eigenvalue weighted by Crippen LogP contribution is 2.53. The van der Waals surface area contributed by atoms with Crippen LogP contribution in [0.4, 0.5) is 0 Å². The van der Waals surface area contributed by atoms with Gasteiger partial charge in [0.1, 0.15) is 0 Å². The molecule has 0 radical (unpaired) electrons. The van der Waals surface area contributed by atoms with E-state index in [4.69, 9.17) is 5.11 Å². The first-order chi connectivity index (χ1) is 8.33. The van der Waals surface area contributed by atoms with Gasteiger partial charge in [-0.15, -0.1) is 0 Å². The summed E-state index contributed by atoms with van der Waals surface area (Å²) in [6.45, 7) is 6.10. The van der Waals surface area contributed by atoms with Crippen molar-refractivity contribution in [3.63, 3.8) is 0 Å². The molecule has 0 heterocycles. The summed E-state index contributed by atoms with van der Waals surface area (Å²) in [4.78, 5) is 0. The molecule has 3 atom stereocenters. The van der Waals surface area contributed by atoms with Gasteiger partial charge >= 0.3 is 0 Å². The topological polar surface area (TPSA) is 60.7 Å². The first kappa shape index (κ1) is 13.5. The Kier molecular flexibility index (Phi) is 3.26. The van der Waals surface area contributed by atoms with Crippen molar-refractivity contribution in [2.45, 2.75) is 51.4 Å². The predicted molar refractivity (Wildman–Crippen MR) is 70.1 cm³/mol. The van der Waals surface area contributed by atoms with Crippen LogP contribution in [0.1, 0.15) is 38.3 Å². The standard InChI is InChI=1S/C15H22O3/c1-14(2)13(18)12(17)8-15(14,3)11-6-4-10(9-16)5-7-11/h4-7,12-13,16-18H,8-9H2,1-3H3/t12-,13+,15+/m1/s1. The van der Waals surface area contributed by atoms with E-state index < -0.39 is 12.2 Å². The molecule has 100 valence electrons. The molecule has 1 saturated carbocycles. The minimum atomic E-state index is -0.708. The molecule has 1 aliphatic rings. The van der Waals surface area contributed by atoms with Gasteiger partial charge in [0, 0.05) is 10.8 Å². The Morgan fingerprint density at radius 3 is 2.06 bits per heavy atom. The number of benzene rings is 1. The summed E-state index contributed by atoms with van der Waals surface area (Å²) in [5.41, 5.74) is 1.33. The number of hydrogen-bond donors (Lipinski definition) is 3. The first-order valence-corrected chi connectivity index (χ1v) is 6.39. The van der Waals surface area contributed by atoms with Gasteiger partial charge in [-0.25, -0.2) is 0 Å². The molecule has 0 bridgehead atoms. The minimum Gasteiger partial charge on any atom is -0.392 e. The van der Waals surface area contributed by atoms with Gasteiger partial charge in [-0.05, 0) is 17.5 Å². The zero-order valence-corrected chi connectivity index (χ0v) is 11.2. The molecule has 18 heavy (non-hydrogen) atoms. The monoisotopic (exact) mass is 250 g/mol. The van der Waals surface area contributed by atoms with Gasteiger partial charge in [-0.3, -0.25) is 0 Å². The van der Waals surface area contributed by atoms with Crippen molar-refractivity contribution < 1.29 is 15.3 Å². The minimum absolute atomic E-state index is 0.0334. The maximum Gasteiger partial charge on any atom is 0.0858 e. The van der Waals surface area contributed by atoms with Crippen LogP contribution in [0.15, 0.2) is 24.3 Å². The molecular weight excluding hydrogens is 228 g/mol. The van der Waals surface area contributed by atoms with Gasteiger partial charge in [0.2, 0.25) is 0 Å². The lowest BCUT2D eigenvalue weighted by Gasteiger charge is -2.40. The number of aliphatic hydroxyl groups excluding tert-OH is 3. The largest absolute Gasteiger partial charge is 0.392 e. The molecule has 0 aromatic heterocycles. The fraction of sp³-hybridized carbons (Fsp3) is 0.600. The Hall–Kier alpha value is -0.900. The van der Waals surface area contributed by atoms with E-state index >= 15 is 0 Å². The molecule has 1 aromatic rings. The summed E-state index contributed by atoms with van der Waals surface area (Å²) in [5.74, 6) is 0. The average Bonchev–Trinajstić information content (AvgIpc) is 2.51. The molecule has 3 heteroatoms. The molecular formula is C15H22O3. The quantitative estimate of drug-likeness (QED) is 0.747. The molecule has 3 N–H and O–H groups in total. The number of aliphatic hydroxyl groups is 3. The maximum absolute atomic E-state index is 10.1. The third-order valence-electron chi connectivity index (χ3n) is 4.92. The van der Waals surface area contributed by atoms with Gasteiger partial charge in [0.25, 0.3) is 0 Å². The van der Waals surface area contributed by atoms with Gasteiger partial charge in [0.05, 0.1) is 18.8 Å². The van der Waals surface area contributed by atoms with Crippen molar-refractivity contribution >= 4 is 0 Å². The summed E-state index contributed by atoms with van der Waals surface area (Å²) >= 11 is 0. The molecule has 1 aliphatic carbocycles. The highest BCUT2D eigenvalue weighted by Gasteiger charge is 2.56. The molecule has 0 spiro atoms. The van der Waals surface area contributed by atoms with E-state index in [-0.39, 0.29) is 17.4 Å². The fourth-order valence-electron chi connectivity index (χ4n) is 3.07. The molecule has 2 rings (SSSR count). The van der Waals surface area contributed by atoms with E-state index in [1.165, 1.54) is 0 Å². The zero-order chi connectivity index (χ0) is 13.6. The Balaban J connectivity index is 2.41. The van der Waals surface area contributed by atoms with Crippen molar-refractivity contribution in [1.29, 1.82) is 0 Å². The molecule has 3 nitrogen and oxygen atoms in total. The normalized spacial score (nSPS) is 34.8. The van der Waals surface area contributed by atoms with E-state index in [1.54, 1.807) is 0 Å². The van der Waals surface area contributed by atoms with Crippen molar-refractivity contribution in [3.8, 4) is 0 Å². The van der Waals surface area contributed by atoms with Crippen LogP contribution in [0.25, 0.3) is 0 Å². The van der Waals surface area contributed by atoms with Crippen LogP contribution in [-0.4, -0.2) is 27.5 Å². The molecule has 0 unspecified atom stereocenters. The van der Waals surface area contributed by atoms with Crippen LogP contribution in [0.5, 0.6) is 0 Å². The Morgan fingerprint density at radius 1 is 1.11 bits per heavy atom. The average molecular weight is 250 g/mol. The van der Waals surface area contributed by atoms with Crippen LogP contribution in [0, 0.1) is 5.41 Å². The predicted octanol–water partition coefficient (Wildman–Crippen LogP) is 1.59. The Bertz CT molecular complexity index is 424. The summed E-state index contributed by atoms with van der Waals surface area (Å²) in [5, 5.41) is 29.1. The third kappa shape index (κ3) is 1.78. The van der Waals surface area contributed by atoms with E-state index in [9.17, 15) is 10.2 Å². The zero-order valence-electron chi connectivity index (χ0n) is 11.2. The summed E-state index contributed by atoms with van der Waals surface area (Å²) in [6.07, 6.45) is -0.831. The Labute approximate surface area is 108 Å². The second-order valence-corrected chi connectivity index (χ2v) is 6.13. The first-order valence-electron chi connectivity index (χ1n) is 6.39. The summed E-state index contributed by atoms with van der Waals surface area (Å²) < 4.78 is 0. The second-order valence-electron chi connectivity index (χ2n) is 6.13. The van der Waals surface area contributed by atoms with Gasteiger partial charge in [-0.2, -0.15) is 0 Å². The van der Waals surface area contributed by atoms with Crippen molar-refractivity contribution in [3.05, 3.63) is 35.4 Å². The van der Waals surface area contributed by atoms with Crippen molar-refractivity contribution in [1.82, 2.24) is 0 Å². The molecule has 0 saturated heterocycles. The van der Waals surface area contributed by atoms with E-state index in [1.807, 2.05) is 38.1 Å². The molecule has 1 aromatic carbocycles.